The molecule has 0 aromatic rings. The van der Waals surface area contributed by atoms with Crippen LogP contribution in [0.25, 0.3) is 0 Å². The van der Waals surface area contributed by atoms with E-state index in [9.17, 15) is 5.11 Å². The van der Waals surface area contributed by atoms with Crippen LogP contribution >= 0.6 is 0 Å². The molecule has 3 atom stereocenters. The van der Waals surface area contributed by atoms with Gasteiger partial charge in [-0.2, -0.15) is 0 Å². The largest absolute Gasteiger partial charge is 0.393 e. The summed E-state index contributed by atoms with van der Waals surface area (Å²) in [6, 6.07) is 0.516. The molecular formula is C11H23NO2. The van der Waals surface area contributed by atoms with Gasteiger partial charge in [0.2, 0.25) is 0 Å². The fraction of sp³-hybridized carbons (Fsp3) is 1.00. The summed E-state index contributed by atoms with van der Waals surface area (Å²) in [6.45, 7) is 4.22. The van der Waals surface area contributed by atoms with E-state index in [0.29, 0.717) is 18.5 Å². The van der Waals surface area contributed by atoms with Crippen molar-refractivity contribution < 1.29 is 10.2 Å². The molecule has 3 unspecified atom stereocenters. The molecule has 1 rings (SSSR count). The summed E-state index contributed by atoms with van der Waals surface area (Å²) in [5.41, 5.74) is -0.975. The van der Waals surface area contributed by atoms with Gasteiger partial charge in [0, 0.05) is 12.6 Å². The minimum absolute atomic E-state index is 0.179. The highest BCUT2D eigenvalue weighted by molar-refractivity contribution is 4.82. The molecule has 0 radical (unpaired) electrons. The van der Waals surface area contributed by atoms with Gasteiger partial charge in [-0.1, -0.05) is 19.8 Å². The van der Waals surface area contributed by atoms with Crippen LogP contribution in [0.2, 0.25) is 0 Å². The zero-order chi connectivity index (χ0) is 10.6. The van der Waals surface area contributed by atoms with Gasteiger partial charge in [0.1, 0.15) is 0 Å². The highest BCUT2D eigenvalue weighted by atomic mass is 16.3. The van der Waals surface area contributed by atoms with Crippen molar-refractivity contribution in [1.82, 2.24) is 5.32 Å². The summed E-state index contributed by atoms with van der Waals surface area (Å²) in [7, 11) is 0. The van der Waals surface area contributed by atoms with Gasteiger partial charge in [-0.15, -0.1) is 0 Å². The second-order valence-electron chi connectivity index (χ2n) is 4.90. The number of hydrogen-bond acceptors (Lipinski definition) is 3. The molecule has 0 bridgehead atoms. The minimum atomic E-state index is -0.975. The van der Waals surface area contributed by atoms with Crippen molar-refractivity contribution in [3.05, 3.63) is 0 Å². The van der Waals surface area contributed by atoms with Gasteiger partial charge in [0.05, 0.1) is 12.2 Å². The van der Waals surface area contributed by atoms with E-state index in [-0.39, 0.29) is 6.61 Å². The standard InChI is InChI=1S/C11H23NO2/c1-9-5-3-4-6-10(9)12-7-11(2,14)8-13/h9-10,12-14H,3-8H2,1-2H3. The first-order chi connectivity index (χ1) is 6.55. The zero-order valence-electron chi connectivity index (χ0n) is 9.29. The Kier molecular flexibility index (Phi) is 4.35. The molecule has 14 heavy (non-hydrogen) atoms. The van der Waals surface area contributed by atoms with Crippen molar-refractivity contribution in [3.63, 3.8) is 0 Å². The maximum absolute atomic E-state index is 9.63. The number of aliphatic hydroxyl groups excluding tert-OH is 1. The Hall–Kier alpha value is -0.120. The summed E-state index contributed by atoms with van der Waals surface area (Å²) < 4.78 is 0. The van der Waals surface area contributed by atoms with E-state index >= 15 is 0 Å². The summed E-state index contributed by atoms with van der Waals surface area (Å²) in [4.78, 5) is 0. The SMILES string of the molecule is CC1CCCCC1NCC(C)(O)CO. The molecule has 1 fully saturated rings. The molecule has 0 saturated heterocycles. The van der Waals surface area contributed by atoms with E-state index < -0.39 is 5.60 Å². The quantitative estimate of drug-likeness (QED) is 0.633. The van der Waals surface area contributed by atoms with Crippen LogP contribution in [0.4, 0.5) is 0 Å². The van der Waals surface area contributed by atoms with Crippen molar-refractivity contribution in [2.24, 2.45) is 5.92 Å². The molecule has 3 heteroatoms. The van der Waals surface area contributed by atoms with Crippen LogP contribution < -0.4 is 5.32 Å². The predicted molar refractivity (Wildman–Crippen MR) is 57.1 cm³/mol. The third kappa shape index (κ3) is 3.56. The van der Waals surface area contributed by atoms with Gasteiger partial charge in [-0.25, -0.2) is 0 Å². The van der Waals surface area contributed by atoms with Crippen molar-refractivity contribution >= 4 is 0 Å². The van der Waals surface area contributed by atoms with Crippen LogP contribution in [0.15, 0.2) is 0 Å². The molecule has 0 aromatic carbocycles. The molecule has 1 aliphatic carbocycles. The first-order valence-electron chi connectivity index (χ1n) is 5.62. The Labute approximate surface area is 86.5 Å². The fourth-order valence-corrected chi connectivity index (χ4v) is 2.03. The van der Waals surface area contributed by atoms with Crippen LogP contribution in [0.1, 0.15) is 39.5 Å². The lowest BCUT2D eigenvalue weighted by Crippen LogP contribution is -2.47. The number of hydrogen-bond donors (Lipinski definition) is 3. The molecule has 0 aromatic heterocycles. The normalized spacial score (nSPS) is 32.6. The third-order valence-corrected chi connectivity index (χ3v) is 3.20. The van der Waals surface area contributed by atoms with Crippen molar-refractivity contribution in [2.75, 3.05) is 13.2 Å². The van der Waals surface area contributed by atoms with Crippen LogP contribution in [0, 0.1) is 5.92 Å². The molecule has 3 nitrogen and oxygen atoms in total. The smallest absolute Gasteiger partial charge is 0.0972 e. The highest BCUT2D eigenvalue weighted by Crippen LogP contribution is 2.23. The lowest BCUT2D eigenvalue weighted by molar-refractivity contribution is -0.00156. The van der Waals surface area contributed by atoms with E-state index in [1.807, 2.05) is 0 Å². The maximum Gasteiger partial charge on any atom is 0.0972 e. The predicted octanol–water partition coefficient (Wildman–Crippen LogP) is 0.898. The van der Waals surface area contributed by atoms with Crippen LogP contribution in [-0.2, 0) is 0 Å². The second-order valence-corrected chi connectivity index (χ2v) is 4.90. The first-order valence-corrected chi connectivity index (χ1v) is 5.62. The molecule has 0 heterocycles. The molecule has 1 saturated carbocycles. The highest BCUT2D eigenvalue weighted by Gasteiger charge is 2.25. The van der Waals surface area contributed by atoms with Crippen LogP contribution in [0.3, 0.4) is 0 Å². The summed E-state index contributed by atoms with van der Waals surface area (Å²) >= 11 is 0. The van der Waals surface area contributed by atoms with Crippen LogP contribution in [-0.4, -0.2) is 35.0 Å². The van der Waals surface area contributed by atoms with E-state index in [2.05, 4.69) is 12.2 Å². The number of aliphatic hydroxyl groups is 2. The van der Waals surface area contributed by atoms with E-state index in [1.54, 1.807) is 6.92 Å². The minimum Gasteiger partial charge on any atom is -0.393 e. The molecule has 0 amide bonds. The van der Waals surface area contributed by atoms with Crippen molar-refractivity contribution in [1.29, 1.82) is 0 Å². The first kappa shape index (κ1) is 12.0. The number of nitrogens with one attached hydrogen (secondary N) is 1. The van der Waals surface area contributed by atoms with Gasteiger partial charge >= 0.3 is 0 Å². The Morgan fingerprint density at radius 1 is 1.36 bits per heavy atom. The monoisotopic (exact) mass is 201 g/mol. The molecular weight excluding hydrogens is 178 g/mol. The van der Waals surface area contributed by atoms with Gasteiger partial charge in [-0.3, -0.25) is 0 Å². The average molecular weight is 201 g/mol. The Morgan fingerprint density at radius 2 is 2.00 bits per heavy atom. The maximum atomic E-state index is 9.63. The summed E-state index contributed by atoms with van der Waals surface area (Å²) in [6.07, 6.45) is 5.08. The van der Waals surface area contributed by atoms with E-state index in [0.717, 1.165) is 0 Å². The average Bonchev–Trinajstić information content (AvgIpc) is 2.17. The molecule has 84 valence electrons. The van der Waals surface area contributed by atoms with Crippen molar-refractivity contribution in [2.45, 2.75) is 51.2 Å². The van der Waals surface area contributed by atoms with Crippen LogP contribution in [0.5, 0.6) is 0 Å². The fourth-order valence-electron chi connectivity index (χ4n) is 2.03. The molecule has 3 N–H and O–H groups in total. The molecule has 1 aliphatic rings. The third-order valence-electron chi connectivity index (χ3n) is 3.20. The Balaban J connectivity index is 2.29. The lowest BCUT2D eigenvalue weighted by Gasteiger charge is -2.32. The van der Waals surface area contributed by atoms with Gasteiger partial charge in [-0.05, 0) is 25.7 Å². The molecule has 0 spiro atoms. The van der Waals surface area contributed by atoms with Gasteiger partial charge in [0.25, 0.3) is 0 Å². The second kappa shape index (κ2) is 5.10. The molecule has 0 aliphatic heterocycles. The summed E-state index contributed by atoms with van der Waals surface area (Å²) in [5.74, 6) is 0.693. The Bertz CT molecular complexity index is 171. The van der Waals surface area contributed by atoms with E-state index in [4.69, 9.17) is 5.11 Å². The lowest BCUT2D eigenvalue weighted by atomic mass is 9.85. The van der Waals surface area contributed by atoms with Crippen molar-refractivity contribution in [3.8, 4) is 0 Å². The number of rotatable bonds is 4. The van der Waals surface area contributed by atoms with Gasteiger partial charge < -0.3 is 15.5 Å². The van der Waals surface area contributed by atoms with E-state index in [1.165, 1.54) is 25.7 Å². The summed E-state index contributed by atoms with van der Waals surface area (Å²) in [5, 5.41) is 21.9. The Morgan fingerprint density at radius 3 is 2.57 bits per heavy atom. The van der Waals surface area contributed by atoms with Gasteiger partial charge in [0.15, 0.2) is 0 Å². The topological polar surface area (TPSA) is 52.5 Å². The zero-order valence-corrected chi connectivity index (χ0v) is 9.29.